The second-order valence-electron chi connectivity index (χ2n) is 4.24. The molecule has 0 unspecified atom stereocenters. The lowest BCUT2D eigenvalue weighted by Crippen LogP contribution is -2.16. The van der Waals surface area contributed by atoms with Crippen LogP contribution in [0, 0.1) is 0 Å². The molecule has 1 aliphatic heterocycles. The van der Waals surface area contributed by atoms with Crippen LogP contribution >= 0.6 is 0 Å². The summed E-state index contributed by atoms with van der Waals surface area (Å²) in [5.41, 5.74) is 4.09. The molecule has 2 heterocycles. The Bertz CT molecular complexity index is 642. The Morgan fingerprint density at radius 3 is 2.42 bits per heavy atom. The largest absolute Gasteiger partial charge is 0.317 e. The maximum absolute atomic E-state index is 4.06. The summed E-state index contributed by atoms with van der Waals surface area (Å²) in [4.78, 5) is 10.2. The zero-order valence-corrected chi connectivity index (χ0v) is 10.4. The highest BCUT2D eigenvalue weighted by atomic mass is 15.1. The number of allylic oxidation sites excluding steroid dienone is 3. The molecule has 19 heavy (non-hydrogen) atoms. The van der Waals surface area contributed by atoms with E-state index >= 15 is 0 Å². The SMILES string of the molecule is C=C1C=CC(c2cncnc2)=CN1c1ccccc1. The molecule has 0 bridgehead atoms. The second kappa shape index (κ2) is 4.90. The van der Waals surface area contributed by atoms with Crippen molar-refractivity contribution in [2.75, 3.05) is 4.90 Å². The summed E-state index contributed by atoms with van der Waals surface area (Å²) in [5.74, 6) is 0. The van der Waals surface area contributed by atoms with Gasteiger partial charge in [0, 0.05) is 41.1 Å². The van der Waals surface area contributed by atoms with Gasteiger partial charge in [-0.2, -0.15) is 0 Å². The van der Waals surface area contributed by atoms with Gasteiger partial charge in [0.25, 0.3) is 0 Å². The fraction of sp³-hybridized carbons (Fsp3) is 0. The molecule has 0 aliphatic carbocycles. The van der Waals surface area contributed by atoms with E-state index in [1.165, 1.54) is 6.33 Å². The monoisotopic (exact) mass is 247 g/mol. The first-order valence-electron chi connectivity index (χ1n) is 6.03. The maximum Gasteiger partial charge on any atom is 0.115 e. The summed E-state index contributed by atoms with van der Waals surface area (Å²) in [7, 11) is 0. The van der Waals surface area contributed by atoms with Gasteiger partial charge in [0.1, 0.15) is 6.33 Å². The van der Waals surface area contributed by atoms with E-state index in [2.05, 4.69) is 39.8 Å². The number of aromatic nitrogens is 2. The van der Waals surface area contributed by atoms with E-state index in [4.69, 9.17) is 0 Å². The second-order valence-corrected chi connectivity index (χ2v) is 4.24. The Morgan fingerprint density at radius 2 is 1.68 bits per heavy atom. The van der Waals surface area contributed by atoms with Crippen LogP contribution in [-0.4, -0.2) is 9.97 Å². The van der Waals surface area contributed by atoms with Gasteiger partial charge < -0.3 is 4.90 Å². The Morgan fingerprint density at radius 1 is 0.947 bits per heavy atom. The maximum atomic E-state index is 4.06. The lowest BCUT2D eigenvalue weighted by molar-refractivity contribution is 1.14. The molecule has 3 rings (SSSR count). The van der Waals surface area contributed by atoms with Gasteiger partial charge >= 0.3 is 0 Å². The molecule has 0 saturated heterocycles. The summed E-state index contributed by atoms with van der Waals surface area (Å²) in [6.07, 6.45) is 11.2. The van der Waals surface area contributed by atoms with Crippen molar-refractivity contribution in [3.63, 3.8) is 0 Å². The first-order valence-corrected chi connectivity index (χ1v) is 6.03. The Balaban J connectivity index is 2.00. The third kappa shape index (κ3) is 2.31. The summed E-state index contributed by atoms with van der Waals surface area (Å²) >= 11 is 0. The summed E-state index contributed by atoms with van der Waals surface area (Å²) in [6.45, 7) is 4.06. The molecule has 1 aromatic heterocycles. The molecule has 1 aliphatic rings. The quantitative estimate of drug-likeness (QED) is 0.814. The molecule has 0 atom stereocenters. The molecule has 0 amide bonds. The van der Waals surface area contributed by atoms with Gasteiger partial charge in [-0.3, -0.25) is 0 Å². The third-order valence-corrected chi connectivity index (χ3v) is 2.96. The minimum absolute atomic E-state index is 0.937. The Kier molecular flexibility index (Phi) is 2.94. The minimum Gasteiger partial charge on any atom is -0.317 e. The van der Waals surface area contributed by atoms with Crippen molar-refractivity contribution >= 4 is 11.3 Å². The average Bonchev–Trinajstić information content (AvgIpc) is 2.49. The Hall–Kier alpha value is -2.68. The average molecular weight is 247 g/mol. The van der Waals surface area contributed by atoms with Crippen molar-refractivity contribution in [1.82, 2.24) is 9.97 Å². The molecule has 0 saturated carbocycles. The Labute approximate surface area is 112 Å². The molecule has 3 heteroatoms. The predicted octanol–water partition coefficient (Wildman–Crippen LogP) is 3.41. The molecule has 92 valence electrons. The van der Waals surface area contributed by atoms with Gasteiger partial charge in [0.05, 0.1) is 0 Å². The van der Waals surface area contributed by atoms with Gasteiger partial charge in [-0.15, -0.1) is 0 Å². The molecule has 0 N–H and O–H groups in total. The van der Waals surface area contributed by atoms with Crippen LogP contribution in [0.4, 0.5) is 5.69 Å². The molecule has 2 aromatic rings. The number of rotatable bonds is 2. The fourth-order valence-electron chi connectivity index (χ4n) is 1.98. The lowest BCUT2D eigenvalue weighted by atomic mass is 10.1. The molecule has 0 spiro atoms. The predicted molar refractivity (Wildman–Crippen MR) is 77.2 cm³/mol. The molecule has 3 nitrogen and oxygen atoms in total. The van der Waals surface area contributed by atoms with Gasteiger partial charge in [0.2, 0.25) is 0 Å². The highest BCUT2D eigenvalue weighted by molar-refractivity contribution is 5.80. The van der Waals surface area contributed by atoms with Gasteiger partial charge in [-0.25, -0.2) is 9.97 Å². The zero-order valence-electron chi connectivity index (χ0n) is 10.4. The van der Waals surface area contributed by atoms with E-state index in [1.807, 2.05) is 30.4 Å². The molecular formula is C16H13N3. The number of hydrogen-bond donors (Lipinski definition) is 0. The smallest absolute Gasteiger partial charge is 0.115 e. The van der Waals surface area contributed by atoms with Crippen LogP contribution < -0.4 is 4.90 Å². The summed E-state index contributed by atoms with van der Waals surface area (Å²) < 4.78 is 0. The standard InChI is InChI=1S/C16H13N3/c1-13-7-8-14(15-9-17-12-18-10-15)11-19(13)16-5-3-2-4-6-16/h2-12H,1H2. The van der Waals surface area contributed by atoms with Gasteiger partial charge in [-0.1, -0.05) is 30.9 Å². The van der Waals surface area contributed by atoms with Crippen LogP contribution in [0.2, 0.25) is 0 Å². The molecule has 0 fully saturated rings. The highest BCUT2D eigenvalue weighted by Gasteiger charge is 2.12. The third-order valence-electron chi connectivity index (χ3n) is 2.96. The number of benzene rings is 1. The van der Waals surface area contributed by atoms with E-state index in [9.17, 15) is 0 Å². The number of anilines is 1. The van der Waals surface area contributed by atoms with E-state index in [-0.39, 0.29) is 0 Å². The van der Waals surface area contributed by atoms with Crippen molar-refractivity contribution < 1.29 is 0 Å². The van der Waals surface area contributed by atoms with Crippen molar-refractivity contribution in [2.45, 2.75) is 0 Å². The first kappa shape index (κ1) is 11.4. The topological polar surface area (TPSA) is 29.0 Å². The van der Waals surface area contributed by atoms with Crippen LogP contribution in [0.5, 0.6) is 0 Å². The summed E-state index contributed by atoms with van der Waals surface area (Å²) in [6, 6.07) is 10.1. The molecule has 0 radical (unpaired) electrons. The van der Waals surface area contributed by atoms with Crippen LogP contribution in [0.3, 0.4) is 0 Å². The number of para-hydroxylation sites is 1. The van der Waals surface area contributed by atoms with Crippen LogP contribution in [-0.2, 0) is 0 Å². The number of hydrogen-bond acceptors (Lipinski definition) is 3. The van der Waals surface area contributed by atoms with Crippen molar-refractivity contribution in [3.8, 4) is 0 Å². The lowest BCUT2D eigenvalue weighted by Gasteiger charge is -2.25. The highest BCUT2D eigenvalue weighted by Crippen LogP contribution is 2.27. The van der Waals surface area contributed by atoms with Gasteiger partial charge in [0.15, 0.2) is 0 Å². The number of nitrogens with zero attached hydrogens (tertiary/aromatic N) is 3. The van der Waals surface area contributed by atoms with Crippen LogP contribution in [0.1, 0.15) is 5.56 Å². The summed E-state index contributed by atoms with van der Waals surface area (Å²) in [5, 5.41) is 0. The molecule has 1 aromatic carbocycles. The van der Waals surface area contributed by atoms with Crippen molar-refractivity contribution in [2.24, 2.45) is 0 Å². The fourth-order valence-corrected chi connectivity index (χ4v) is 1.98. The van der Waals surface area contributed by atoms with Crippen LogP contribution in [0.25, 0.3) is 5.57 Å². The first-order chi connectivity index (χ1) is 9.34. The molecular weight excluding hydrogens is 234 g/mol. The van der Waals surface area contributed by atoms with Crippen LogP contribution in [0.15, 0.2) is 79.7 Å². The van der Waals surface area contributed by atoms with Gasteiger partial charge in [-0.05, 0) is 18.2 Å². The van der Waals surface area contributed by atoms with E-state index in [1.54, 1.807) is 12.4 Å². The van der Waals surface area contributed by atoms with Crippen molar-refractivity contribution in [3.05, 3.63) is 85.2 Å². The van der Waals surface area contributed by atoms with E-state index in [0.717, 1.165) is 22.5 Å². The van der Waals surface area contributed by atoms with E-state index in [0.29, 0.717) is 0 Å². The van der Waals surface area contributed by atoms with E-state index < -0.39 is 0 Å². The van der Waals surface area contributed by atoms with Crippen molar-refractivity contribution in [1.29, 1.82) is 0 Å². The minimum atomic E-state index is 0.937. The zero-order chi connectivity index (χ0) is 13.1. The normalized spacial score (nSPS) is 14.4.